The number of hydrogen-bond acceptors (Lipinski definition) is 5. The van der Waals surface area contributed by atoms with Crippen LogP contribution in [0.15, 0.2) is 23.0 Å². The van der Waals surface area contributed by atoms with E-state index in [2.05, 4.69) is 4.98 Å². The second-order valence-corrected chi connectivity index (χ2v) is 5.04. The third-order valence-corrected chi connectivity index (χ3v) is 3.67. The molecule has 0 spiro atoms. The van der Waals surface area contributed by atoms with Gasteiger partial charge in [-0.15, -0.1) is 0 Å². The molecule has 1 atom stereocenters. The molecule has 1 fully saturated rings. The fourth-order valence-corrected chi connectivity index (χ4v) is 2.64. The van der Waals surface area contributed by atoms with E-state index in [4.69, 9.17) is 9.85 Å². The maximum absolute atomic E-state index is 12.9. The van der Waals surface area contributed by atoms with Crippen LogP contribution < -0.4 is 11.3 Å². The van der Waals surface area contributed by atoms with Gasteiger partial charge in [0.15, 0.2) is 5.78 Å². The number of benzene rings is 1. The standard InChI is InChI=1S/C15H15N3O3/c1-8-17-11-4-2-3-10(16)14(11)15(21)18(8)12-6-5-9(19)7-13(12)20/h2-4,12H,5-7,16H2,1H3/i1D2,4D. The molecule has 0 bridgehead atoms. The number of aromatic nitrogens is 2. The Morgan fingerprint density at radius 1 is 1.48 bits per heavy atom. The average Bonchev–Trinajstić information content (AvgIpc) is 2.51. The second-order valence-electron chi connectivity index (χ2n) is 5.04. The topological polar surface area (TPSA) is 95.0 Å². The largest absolute Gasteiger partial charge is 0.398 e. The number of rotatable bonds is 1. The van der Waals surface area contributed by atoms with E-state index in [-0.39, 0.29) is 53.5 Å². The van der Waals surface area contributed by atoms with Gasteiger partial charge in [-0.25, -0.2) is 4.98 Å². The van der Waals surface area contributed by atoms with E-state index in [9.17, 15) is 14.4 Å². The van der Waals surface area contributed by atoms with Gasteiger partial charge in [0.1, 0.15) is 11.6 Å². The molecule has 0 saturated heterocycles. The first kappa shape index (κ1) is 10.3. The Bertz CT molecular complexity index is 924. The highest BCUT2D eigenvalue weighted by molar-refractivity contribution is 6.03. The highest BCUT2D eigenvalue weighted by Crippen LogP contribution is 2.24. The number of nitrogens with two attached hydrogens (primary N) is 1. The van der Waals surface area contributed by atoms with Crippen molar-refractivity contribution in [1.29, 1.82) is 0 Å². The molecule has 3 rings (SSSR count). The number of aryl methyl sites for hydroxylation is 1. The summed E-state index contributed by atoms with van der Waals surface area (Å²) in [5.74, 6) is -0.850. The predicted molar refractivity (Wildman–Crippen MR) is 78.1 cm³/mol. The van der Waals surface area contributed by atoms with Crippen LogP contribution in [0.25, 0.3) is 10.9 Å². The first-order valence-electron chi connectivity index (χ1n) is 8.17. The number of Topliss-reactive ketones (excluding diaryl/α,β-unsaturated/α-hetero) is 2. The predicted octanol–water partition coefficient (Wildman–Crippen LogP) is 1.15. The molecule has 1 unspecified atom stereocenters. The third-order valence-electron chi connectivity index (χ3n) is 3.67. The summed E-state index contributed by atoms with van der Waals surface area (Å²) in [7, 11) is 0. The first-order chi connectivity index (χ1) is 11.3. The fraction of sp³-hybridized carbons (Fsp3) is 0.333. The quantitative estimate of drug-likeness (QED) is 0.627. The Morgan fingerprint density at radius 2 is 2.29 bits per heavy atom. The van der Waals surface area contributed by atoms with Crippen LogP contribution in [-0.4, -0.2) is 21.1 Å². The molecule has 0 aliphatic heterocycles. The number of ketones is 2. The lowest BCUT2D eigenvalue weighted by atomic mass is 9.92. The molecule has 6 heteroatoms. The van der Waals surface area contributed by atoms with Gasteiger partial charge in [0.2, 0.25) is 0 Å². The van der Waals surface area contributed by atoms with Crippen LogP contribution in [0.2, 0.25) is 0 Å². The van der Waals surface area contributed by atoms with Gasteiger partial charge >= 0.3 is 0 Å². The van der Waals surface area contributed by atoms with E-state index >= 15 is 0 Å². The van der Waals surface area contributed by atoms with Crippen molar-refractivity contribution in [2.24, 2.45) is 0 Å². The van der Waals surface area contributed by atoms with Gasteiger partial charge in [0.05, 0.1) is 24.7 Å². The van der Waals surface area contributed by atoms with Crippen molar-refractivity contribution >= 4 is 28.2 Å². The van der Waals surface area contributed by atoms with Crippen molar-refractivity contribution in [3.63, 3.8) is 0 Å². The lowest BCUT2D eigenvalue weighted by Crippen LogP contribution is -2.36. The Kier molecular flexibility index (Phi) is 2.35. The number of anilines is 1. The number of nitrogens with zero attached hydrogens (tertiary/aromatic N) is 2. The Balaban J connectivity index is 2.34. The lowest BCUT2D eigenvalue weighted by molar-refractivity contribution is -0.132. The minimum Gasteiger partial charge on any atom is -0.398 e. The molecule has 1 saturated carbocycles. The van der Waals surface area contributed by atoms with E-state index < -0.39 is 24.3 Å². The van der Waals surface area contributed by atoms with E-state index in [1.807, 2.05) is 0 Å². The number of fused-ring (bicyclic) bond motifs is 1. The van der Waals surface area contributed by atoms with Crippen LogP contribution in [0.4, 0.5) is 5.69 Å². The zero-order chi connectivity index (χ0) is 17.6. The Labute approximate surface area is 124 Å². The van der Waals surface area contributed by atoms with Gasteiger partial charge in [-0.3, -0.25) is 19.0 Å². The third kappa shape index (κ3) is 2.12. The highest BCUT2D eigenvalue weighted by Gasteiger charge is 2.30. The smallest absolute Gasteiger partial charge is 0.264 e. The normalized spacial score (nSPS) is 21.4. The SMILES string of the molecule is [2H]c1ccc(N)c2c(=O)n(C3CCC(=O)CC3=O)c(C([2H])[2H])nc12. The molecule has 1 aromatic carbocycles. The van der Waals surface area contributed by atoms with Gasteiger partial charge in [-0.2, -0.15) is 0 Å². The van der Waals surface area contributed by atoms with Crippen LogP contribution in [-0.2, 0) is 9.59 Å². The first-order valence-corrected chi connectivity index (χ1v) is 6.51. The van der Waals surface area contributed by atoms with Gasteiger partial charge in [-0.1, -0.05) is 6.07 Å². The Hall–Kier alpha value is -2.50. The Morgan fingerprint density at radius 3 is 3.00 bits per heavy atom. The summed E-state index contributed by atoms with van der Waals surface area (Å²) < 4.78 is 24.2. The van der Waals surface area contributed by atoms with Crippen LogP contribution in [0.3, 0.4) is 0 Å². The lowest BCUT2D eigenvalue weighted by Gasteiger charge is -2.24. The van der Waals surface area contributed by atoms with Gasteiger partial charge in [-0.05, 0) is 25.4 Å². The number of hydrogen-bond donors (Lipinski definition) is 1. The monoisotopic (exact) mass is 288 g/mol. The van der Waals surface area contributed by atoms with Gasteiger partial charge in [0.25, 0.3) is 5.56 Å². The van der Waals surface area contributed by atoms with Crippen molar-refractivity contribution in [3.8, 4) is 0 Å². The zero-order valence-electron chi connectivity index (χ0n) is 14.1. The summed E-state index contributed by atoms with van der Waals surface area (Å²) in [6.07, 6.45) is 0.00310. The second kappa shape index (κ2) is 4.80. The molecule has 0 radical (unpaired) electrons. The van der Waals surface area contributed by atoms with Crippen LogP contribution >= 0.6 is 0 Å². The summed E-state index contributed by atoms with van der Waals surface area (Å²) in [6.45, 7) is -1.62. The molecular weight excluding hydrogens is 270 g/mol. The summed E-state index contributed by atoms with van der Waals surface area (Å²) in [6, 6.07) is 1.80. The minimum atomic E-state index is -1.62. The van der Waals surface area contributed by atoms with E-state index in [0.29, 0.717) is 0 Å². The minimum absolute atomic E-state index is 0.00315. The molecule has 2 N–H and O–H groups in total. The molecule has 6 nitrogen and oxygen atoms in total. The molecule has 2 aromatic rings. The van der Waals surface area contributed by atoms with E-state index in [1.54, 1.807) is 0 Å². The maximum Gasteiger partial charge on any atom is 0.264 e. The van der Waals surface area contributed by atoms with Crippen LogP contribution in [0, 0.1) is 6.88 Å². The molecular formula is C15H15N3O3. The van der Waals surface area contributed by atoms with Crippen molar-refractivity contribution in [1.82, 2.24) is 9.55 Å². The highest BCUT2D eigenvalue weighted by atomic mass is 16.2. The van der Waals surface area contributed by atoms with Gasteiger partial charge < -0.3 is 5.73 Å². The molecule has 0 amide bonds. The van der Waals surface area contributed by atoms with Crippen LogP contribution in [0.1, 0.15) is 35.2 Å². The summed E-state index contributed by atoms with van der Waals surface area (Å²) in [5.41, 5.74) is 5.31. The van der Waals surface area contributed by atoms with Crippen molar-refractivity contribution in [2.75, 3.05) is 5.73 Å². The molecule has 1 aromatic heterocycles. The molecule has 1 aliphatic carbocycles. The van der Waals surface area contributed by atoms with Crippen molar-refractivity contribution < 1.29 is 13.7 Å². The summed E-state index contributed by atoms with van der Waals surface area (Å²) >= 11 is 0. The van der Waals surface area contributed by atoms with E-state index in [0.717, 1.165) is 4.57 Å². The van der Waals surface area contributed by atoms with Gasteiger partial charge in [0, 0.05) is 14.8 Å². The molecule has 1 heterocycles. The molecule has 1 aliphatic rings. The summed E-state index contributed by atoms with van der Waals surface area (Å²) in [4.78, 5) is 40.7. The van der Waals surface area contributed by atoms with Crippen molar-refractivity contribution in [3.05, 3.63) is 34.4 Å². The molecule has 108 valence electrons. The van der Waals surface area contributed by atoms with E-state index in [1.165, 1.54) is 12.1 Å². The molecule has 21 heavy (non-hydrogen) atoms. The zero-order valence-corrected chi connectivity index (χ0v) is 11.1. The van der Waals surface area contributed by atoms with Crippen molar-refractivity contribution in [2.45, 2.75) is 32.2 Å². The number of nitrogen functional groups attached to an aromatic ring is 1. The van der Waals surface area contributed by atoms with Crippen LogP contribution in [0.5, 0.6) is 0 Å². The number of carbonyl (C=O) groups is 2. The maximum atomic E-state index is 12.9. The fourth-order valence-electron chi connectivity index (χ4n) is 2.64. The number of carbonyl (C=O) groups excluding carboxylic acids is 2. The average molecular weight is 288 g/mol. The summed E-state index contributed by atoms with van der Waals surface area (Å²) in [5, 5.41) is -0.00315.